The zero-order valence-electron chi connectivity index (χ0n) is 14.5. The Hall–Kier alpha value is -3.80. The average molecular weight is 369 g/mol. The molecule has 0 aromatic heterocycles. The van der Waals surface area contributed by atoms with Gasteiger partial charge in [0, 0.05) is 11.3 Å². The first-order valence-electron chi connectivity index (χ1n) is 7.79. The maximum atomic E-state index is 13.1. The van der Waals surface area contributed by atoms with E-state index in [0.717, 1.165) is 14.2 Å². The molecule has 3 N–H and O–H groups in total. The summed E-state index contributed by atoms with van der Waals surface area (Å²) in [6.45, 7) is 0. The van der Waals surface area contributed by atoms with E-state index in [4.69, 9.17) is 15.2 Å². The molecule has 3 rings (SSSR count). The first-order valence-corrected chi connectivity index (χ1v) is 7.79. The molecule has 0 aliphatic carbocycles. The molecule has 0 unspecified atom stereocenters. The Kier molecular flexibility index (Phi) is 4.33. The number of nitrogens with zero attached hydrogens (tertiary/aromatic N) is 1. The molecule has 1 amide bonds. The fraction of sp³-hybridized carbons (Fsp3) is 0.222. The lowest BCUT2D eigenvalue weighted by Gasteiger charge is -2.34. The van der Waals surface area contributed by atoms with E-state index in [2.05, 4.69) is 10.1 Å². The van der Waals surface area contributed by atoms with Gasteiger partial charge in [-0.05, 0) is 6.07 Å². The van der Waals surface area contributed by atoms with Gasteiger partial charge in [0.2, 0.25) is 11.8 Å². The topological polar surface area (TPSA) is 141 Å². The maximum Gasteiger partial charge on any atom is 0.339 e. The third-order valence-corrected chi connectivity index (χ3v) is 4.46. The number of benzene rings is 1. The Morgan fingerprint density at radius 3 is 2.63 bits per heavy atom. The van der Waals surface area contributed by atoms with E-state index in [1.807, 2.05) is 6.07 Å². The van der Waals surface area contributed by atoms with Crippen LogP contribution in [0, 0.1) is 11.3 Å². The second kappa shape index (κ2) is 6.49. The molecule has 9 heteroatoms. The molecule has 0 saturated heterocycles. The largest absolute Gasteiger partial charge is 0.469 e. The maximum absolute atomic E-state index is 13.1. The summed E-state index contributed by atoms with van der Waals surface area (Å²) in [6.07, 6.45) is -0.475. The SMILES string of the molecule is COC(=O)CC1=C(C(=O)OC)[C@@]2(C(=O)Nc3ccccc32)C(C#N)=C(N)O1. The summed E-state index contributed by atoms with van der Waals surface area (Å²) in [6, 6.07) is 8.41. The predicted octanol–water partition coefficient (Wildman–Crippen LogP) is 0.591. The van der Waals surface area contributed by atoms with Gasteiger partial charge in [-0.25, -0.2) is 4.79 Å². The third-order valence-electron chi connectivity index (χ3n) is 4.46. The van der Waals surface area contributed by atoms with E-state index in [1.54, 1.807) is 24.3 Å². The van der Waals surface area contributed by atoms with Crippen molar-refractivity contribution < 1.29 is 28.6 Å². The van der Waals surface area contributed by atoms with E-state index < -0.39 is 29.7 Å². The van der Waals surface area contributed by atoms with Gasteiger partial charge in [-0.3, -0.25) is 9.59 Å². The molecule has 0 fully saturated rings. The Labute approximate surface area is 154 Å². The van der Waals surface area contributed by atoms with E-state index in [0.29, 0.717) is 11.3 Å². The highest BCUT2D eigenvalue weighted by molar-refractivity contribution is 6.17. The number of ether oxygens (including phenoxy) is 3. The molecule has 27 heavy (non-hydrogen) atoms. The standard InChI is InChI=1S/C18H15N3O6/c1-25-13(22)7-12-14(16(23)26-2)18(10(8-19)15(20)27-12)9-5-3-4-6-11(9)21-17(18)24/h3-6H,7,20H2,1-2H3,(H,21,24)/t18-/m0/s1. The van der Waals surface area contributed by atoms with Gasteiger partial charge in [0.25, 0.3) is 0 Å². The number of amides is 1. The second-order valence-corrected chi connectivity index (χ2v) is 5.75. The number of esters is 2. The van der Waals surface area contributed by atoms with Gasteiger partial charge in [0.05, 0.1) is 14.2 Å². The van der Waals surface area contributed by atoms with Crippen molar-refractivity contribution in [2.75, 3.05) is 19.5 Å². The summed E-state index contributed by atoms with van der Waals surface area (Å²) >= 11 is 0. The molecule has 2 aliphatic heterocycles. The van der Waals surface area contributed by atoms with Crippen molar-refractivity contribution in [1.29, 1.82) is 5.26 Å². The number of hydrogen-bond acceptors (Lipinski definition) is 8. The first kappa shape index (κ1) is 18.0. The number of para-hydroxylation sites is 1. The molecule has 0 bridgehead atoms. The van der Waals surface area contributed by atoms with Gasteiger partial charge < -0.3 is 25.3 Å². The molecule has 1 aromatic carbocycles. The molecule has 9 nitrogen and oxygen atoms in total. The number of rotatable bonds is 3. The summed E-state index contributed by atoms with van der Waals surface area (Å²) in [5, 5.41) is 12.3. The Morgan fingerprint density at radius 1 is 1.30 bits per heavy atom. The highest BCUT2D eigenvalue weighted by Gasteiger charge is 2.60. The number of anilines is 1. The first-order chi connectivity index (χ1) is 12.9. The minimum atomic E-state index is -1.88. The van der Waals surface area contributed by atoms with Crippen molar-refractivity contribution in [1.82, 2.24) is 0 Å². The molecule has 2 heterocycles. The number of carbonyl (C=O) groups excluding carboxylic acids is 3. The van der Waals surface area contributed by atoms with Gasteiger partial charge in [-0.15, -0.1) is 0 Å². The van der Waals surface area contributed by atoms with Crippen LogP contribution in [0.1, 0.15) is 12.0 Å². The zero-order valence-corrected chi connectivity index (χ0v) is 14.5. The van der Waals surface area contributed by atoms with Gasteiger partial charge in [0.1, 0.15) is 29.4 Å². The van der Waals surface area contributed by atoms with Crippen LogP contribution in [0.15, 0.2) is 47.1 Å². The molecule has 0 saturated carbocycles. The lowest BCUT2D eigenvalue weighted by Crippen LogP contribution is -2.46. The molecule has 1 atom stereocenters. The minimum absolute atomic E-state index is 0.211. The highest BCUT2D eigenvalue weighted by Crippen LogP contribution is 2.52. The molecule has 1 aromatic rings. The molecular weight excluding hydrogens is 354 g/mol. The monoisotopic (exact) mass is 369 g/mol. The fourth-order valence-corrected chi connectivity index (χ4v) is 3.34. The quantitative estimate of drug-likeness (QED) is 0.738. The number of nitrogens with one attached hydrogen (secondary N) is 1. The van der Waals surface area contributed by atoms with Crippen LogP contribution >= 0.6 is 0 Å². The Balaban J connectivity index is 2.40. The molecule has 2 aliphatic rings. The van der Waals surface area contributed by atoms with Gasteiger partial charge in [0.15, 0.2) is 5.41 Å². The van der Waals surface area contributed by atoms with Crippen LogP contribution < -0.4 is 11.1 Å². The van der Waals surface area contributed by atoms with Crippen LogP contribution in [0.3, 0.4) is 0 Å². The predicted molar refractivity (Wildman–Crippen MR) is 90.3 cm³/mol. The smallest absolute Gasteiger partial charge is 0.339 e. The summed E-state index contributed by atoms with van der Waals surface area (Å²) in [5.74, 6) is -2.91. The molecular formula is C18H15N3O6. The van der Waals surface area contributed by atoms with Gasteiger partial charge >= 0.3 is 11.9 Å². The van der Waals surface area contributed by atoms with Crippen molar-refractivity contribution in [3.05, 3.63) is 52.6 Å². The Bertz CT molecular complexity index is 972. The van der Waals surface area contributed by atoms with Gasteiger partial charge in [-0.1, -0.05) is 18.2 Å². The number of hydrogen-bond donors (Lipinski definition) is 2. The molecule has 138 valence electrons. The van der Waals surface area contributed by atoms with Crippen LogP contribution in [0.25, 0.3) is 0 Å². The number of fused-ring (bicyclic) bond motifs is 2. The molecule has 0 radical (unpaired) electrons. The van der Waals surface area contributed by atoms with Crippen LogP contribution in [-0.4, -0.2) is 32.1 Å². The number of nitrogens with two attached hydrogens (primary N) is 1. The van der Waals surface area contributed by atoms with E-state index in [1.165, 1.54) is 0 Å². The van der Waals surface area contributed by atoms with Crippen LogP contribution in [0.2, 0.25) is 0 Å². The fourth-order valence-electron chi connectivity index (χ4n) is 3.34. The van der Waals surface area contributed by atoms with Crippen molar-refractivity contribution in [2.24, 2.45) is 5.73 Å². The lowest BCUT2D eigenvalue weighted by atomic mass is 9.68. The average Bonchev–Trinajstić information content (AvgIpc) is 2.94. The van der Waals surface area contributed by atoms with Gasteiger partial charge in [-0.2, -0.15) is 5.26 Å². The number of nitriles is 1. The second-order valence-electron chi connectivity index (χ2n) is 5.75. The number of carbonyl (C=O) groups is 3. The van der Waals surface area contributed by atoms with E-state index >= 15 is 0 Å². The van der Waals surface area contributed by atoms with Crippen molar-refractivity contribution >= 4 is 23.5 Å². The number of methoxy groups -OCH3 is 2. The Morgan fingerprint density at radius 2 is 2.00 bits per heavy atom. The minimum Gasteiger partial charge on any atom is -0.469 e. The zero-order chi connectivity index (χ0) is 19.8. The summed E-state index contributed by atoms with van der Waals surface area (Å²) < 4.78 is 14.8. The van der Waals surface area contributed by atoms with Crippen LogP contribution in [-0.2, 0) is 34.0 Å². The highest BCUT2D eigenvalue weighted by atomic mass is 16.5. The summed E-state index contributed by atoms with van der Waals surface area (Å²) in [4.78, 5) is 37.6. The molecule has 1 spiro atoms. The van der Waals surface area contributed by atoms with Crippen LogP contribution in [0.5, 0.6) is 0 Å². The lowest BCUT2D eigenvalue weighted by molar-refractivity contribution is -0.141. The summed E-state index contributed by atoms with van der Waals surface area (Å²) in [5.41, 5.74) is 4.19. The normalized spacial score (nSPS) is 20.6. The summed E-state index contributed by atoms with van der Waals surface area (Å²) in [7, 11) is 2.28. The van der Waals surface area contributed by atoms with Crippen molar-refractivity contribution in [3.8, 4) is 6.07 Å². The van der Waals surface area contributed by atoms with E-state index in [9.17, 15) is 19.6 Å². The third kappa shape index (κ3) is 2.42. The van der Waals surface area contributed by atoms with E-state index in [-0.39, 0.29) is 22.8 Å². The van der Waals surface area contributed by atoms with Crippen molar-refractivity contribution in [3.63, 3.8) is 0 Å². The van der Waals surface area contributed by atoms with Crippen molar-refractivity contribution in [2.45, 2.75) is 11.8 Å². The van der Waals surface area contributed by atoms with Crippen LogP contribution in [0.4, 0.5) is 5.69 Å².